The monoisotopic (exact) mass is 396 g/mol. The van der Waals surface area contributed by atoms with Gasteiger partial charge in [-0.25, -0.2) is 9.18 Å². The molecule has 0 aromatic heterocycles. The fourth-order valence-corrected chi connectivity index (χ4v) is 2.35. The Morgan fingerprint density at radius 1 is 1.30 bits per heavy atom. The maximum absolute atomic E-state index is 13.6. The second-order valence-electron chi connectivity index (χ2n) is 5.09. The molecular weight excluding hydrogens is 383 g/mol. The molecular formula is C17H14ClFN2O6. The summed E-state index contributed by atoms with van der Waals surface area (Å²) in [6.07, 6.45) is 0. The lowest BCUT2D eigenvalue weighted by Crippen LogP contribution is -2.22. The number of rotatable bonds is 7. The molecule has 1 N–H and O–H groups in total. The summed E-state index contributed by atoms with van der Waals surface area (Å²) in [5.74, 6) is -2.60. The molecule has 142 valence electrons. The maximum atomic E-state index is 13.6. The van der Waals surface area contributed by atoms with Crippen LogP contribution in [0.3, 0.4) is 0 Å². The highest BCUT2D eigenvalue weighted by Gasteiger charge is 2.20. The quantitative estimate of drug-likeness (QED) is 0.435. The third-order valence-corrected chi connectivity index (χ3v) is 3.57. The number of anilines is 1. The second kappa shape index (κ2) is 8.95. The Labute approximate surface area is 158 Å². The summed E-state index contributed by atoms with van der Waals surface area (Å²) < 4.78 is 23.5. The first-order chi connectivity index (χ1) is 12.8. The number of halogens is 2. The van der Waals surface area contributed by atoms with Gasteiger partial charge in [-0.2, -0.15) is 0 Å². The van der Waals surface area contributed by atoms with Crippen molar-refractivity contribution in [3.05, 3.63) is 62.9 Å². The highest BCUT2D eigenvalue weighted by molar-refractivity contribution is 6.33. The summed E-state index contributed by atoms with van der Waals surface area (Å²) >= 11 is 5.74. The molecule has 27 heavy (non-hydrogen) atoms. The molecule has 2 rings (SSSR count). The highest BCUT2D eigenvalue weighted by atomic mass is 35.5. The summed E-state index contributed by atoms with van der Waals surface area (Å²) in [6, 6.07) is 7.51. The predicted molar refractivity (Wildman–Crippen MR) is 94.6 cm³/mol. The number of carbonyl (C=O) groups excluding carboxylic acids is 2. The van der Waals surface area contributed by atoms with Gasteiger partial charge in [0.2, 0.25) is 0 Å². The minimum absolute atomic E-state index is 0.103. The molecule has 0 radical (unpaired) electrons. The van der Waals surface area contributed by atoms with Crippen LogP contribution in [0.25, 0.3) is 0 Å². The molecule has 0 saturated carbocycles. The second-order valence-corrected chi connectivity index (χ2v) is 5.50. The standard InChI is InChI=1S/C17H14ClFN2O6/c1-2-26-10-6-7-13(14(8-10)21(24)25)20-15(22)9-27-17(23)16-11(18)4-3-5-12(16)19/h3-8H,2,9H2,1H3,(H,20,22). The Hall–Kier alpha value is -3.20. The zero-order valence-corrected chi connectivity index (χ0v) is 14.8. The largest absolute Gasteiger partial charge is 0.494 e. The topological polar surface area (TPSA) is 108 Å². The van der Waals surface area contributed by atoms with Crippen LogP contribution < -0.4 is 10.1 Å². The molecule has 0 aliphatic carbocycles. The number of amides is 1. The van der Waals surface area contributed by atoms with E-state index in [2.05, 4.69) is 5.32 Å². The first-order valence-electron chi connectivity index (χ1n) is 7.65. The highest BCUT2D eigenvalue weighted by Crippen LogP contribution is 2.29. The molecule has 0 heterocycles. The van der Waals surface area contributed by atoms with E-state index in [9.17, 15) is 24.1 Å². The first kappa shape index (κ1) is 20.1. The number of nitrogens with zero attached hydrogens (tertiary/aromatic N) is 1. The average Bonchev–Trinajstić information content (AvgIpc) is 2.61. The smallest absolute Gasteiger partial charge is 0.343 e. The number of carbonyl (C=O) groups is 2. The number of nitro benzene ring substituents is 1. The molecule has 0 spiro atoms. The zero-order valence-electron chi connectivity index (χ0n) is 14.0. The van der Waals surface area contributed by atoms with E-state index < -0.39 is 40.5 Å². The van der Waals surface area contributed by atoms with Gasteiger partial charge in [0.05, 0.1) is 22.6 Å². The summed E-state index contributed by atoms with van der Waals surface area (Å²) in [5, 5.41) is 13.2. The van der Waals surface area contributed by atoms with Crippen LogP contribution in [0.5, 0.6) is 5.75 Å². The van der Waals surface area contributed by atoms with Gasteiger partial charge in [-0.1, -0.05) is 17.7 Å². The number of nitrogens with one attached hydrogen (secondary N) is 1. The molecule has 0 saturated heterocycles. The molecule has 0 aliphatic heterocycles. The molecule has 0 bridgehead atoms. The van der Waals surface area contributed by atoms with Crippen LogP contribution in [0.2, 0.25) is 5.02 Å². The van der Waals surface area contributed by atoms with Gasteiger partial charge in [0.25, 0.3) is 11.6 Å². The minimum Gasteiger partial charge on any atom is -0.494 e. The van der Waals surface area contributed by atoms with Crippen LogP contribution in [-0.4, -0.2) is 30.0 Å². The molecule has 2 aromatic carbocycles. The van der Waals surface area contributed by atoms with Crippen LogP contribution in [0.15, 0.2) is 36.4 Å². The SMILES string of the molecule is CCOc1ccc(NC(=O)COC(=O)c2c(F)cccc2Cl)c([N+](=O)[O-])c1. The van der Waals surface area contributed by atoms with Crippen molar-refractivity contribution in [2.45, 2.75) is 6.92 Å². The molecule has 1 amide bonds. The van der Waals surface area contributed by atoms with E-state index in [0.29, 0.717) is 6.61 Å². The predicted octanol–water partition coefficient (Wildman–Crippen LogP) is 3.58. The Morgan fingerprint density at radius 3 is 2.67 bits per heavy atom. The van der Waals surface area contributed by atoms with Gasteiger partial charge >= 0.3 is 5.97 Å². The van der Waals surface area contributed by atoms with Crippen LogP contribution in [-0.2, 0) is 9.53 Å². The molecule has 0 unspecified atom stereocenters. The van der Waals surface area contributed by atoms with E-state index in [-0.39, 0.29) is 16.5 Å². The lowest BCUT2D eigenvalue weighted by molar-refractivity contribution is -0.384. The molecule has 0 fully saturated rings. The molecule has 8 nitrogen and oxygen atoms in total. The van der Waals surface area contributed by atoms with Crippen LogP contribution in [0.1, 0.15) is 17.3 Å². The van der Waals surface area contributed by atoms with E-state index in [1.165, 1.54) is 24.3 Å². The van der Waals surface area contributed by atoms with Crippen LogP contribution in [0.4, 0.5) is 15.8 Å². The van der Waals surface area contributed by atoms with Crippen molar-refractivity contribution in [2.24, 2.45) is 0 Å². The Balaban J connectivity index is 2.05. The maximum Gasteiger partial charge on any atom is 0.343 e. The fourth-order valence-electron chi connectivity index (χ4n) is 2.11. The third-order valence-electron chi connectivity index (χ3n) is 3.25. The minimum atomic E-state index is -1.13. The Morgan fingerprint density at radius 2 is 2.04 bits per heavy atom. The van der Waals surface area contributed by atoms with Crippen LogP contribution in [0, 0.1) is 15.9 Å². The number of hydrogen-bond donors (Lipinski definition) is 1. The number of benzene rings is 2. The zero-order chi connectivity index (χ0) is 20.0. The summed E-state index contributed by atoms with van der Waals surface area (Å²) in [4.78, 5) is 34.3. The van der Waals surface area contributed by atoms with Crippen LogP contribution >= 0.6 is 11.6 Å². The van der Waals surface area contributed by atoms with Crippen molar-refractivity contribution < 1.29 is 28.4 Å². The number of nitro groups is 1. The van der Waals surface area contributed by atoms with Crippen molar-refractivity contribution in [2.75, 3.05) is 18.5 Å². The lowest BCUT2D eigenvalue weighted by Gasteiger charge is -2.09. The van der Waals surface area contributed by atoms with Gasteiger partial charge in [-0.3, -0.25) is 14.9 Å². The average molecular weight is 397 g/mol. The molecule has 0 aliphatic rings. The molecule has 10 heteroatoms. The van der Waals surface area contributed by atoms with Crippen molar-refractivity contribution in [1.29, 1.82) is 0 Å². The van der Waals surface area contributed by atoms with E-state index in [4.69, 9.17) is 21.1 Å². The first-order valence-corrected chi connectivity index (χ1v) is 8.03. The summed E-state index contributed by atoms with van der Waals surface area (Å²) in [7, 11) is 0. The third kappa shape index (κ3) is 5.14. The number of esters is 1. The summed E-state index contributed by atoms with van der Waals surface area (Å²) in [5.41, 5.74) is -0.995. The van der Waals surface area contributed by atoms with Gasteiger partial charge in [0, 0.05) is 0 Å². The fraction of sp³-hybridized carbons (Fsp3) is 0.176. The lowest BCUT2D eigenvalue weighted by atomic mass is 10.2. The van der Waals surface area contributed by atoms with E-state index in [1.54, 1.807) is 6.92 Å². The van der Waals surface area contributed by atoms with E-state index in [0.717, 1.165) is 12.1 Å². The summed E-state index contributed by atoms with van der Waals surface area (Å²) in [6.45, 7) is 1.25. The van der Waals surface area contributed by atoms with Gasteiger partial charge in [-0.05, 0) is 31.2 Å². The van der Waals surface area contributed by atoms with Crippen molar-refractivity contribution in [1.82, 2.24) is 0 Å². The normalized spacial score (nSPS) is 10.2. The van der Waals surface area contributed by atoms with Gasteiger partial charge < -0.3 is 14.8 Å². The van der Waals surface area contributed by atoms with Gasteiger partial charge in [0.15, 0.2) is 6.61 Å². The van der Waals surface area contributed by atoms with Crippen molar-refractivity contribution in [3.63, 3.8) is 0 Å². The van der Waals surface area contributed by atoms with E-state index in [1.807, 2.05) is 0 Å². The van der Waals surface area contributed by atoms with E-state index >= 15 is 0 Å². The van der Waals surface area contributed by atoms with Gasteiger partial charge in [0.1, 0.15) is 22.8 Å². The Kier molecular flexibility index (Phi) is 6.67. The molecule has 0 atom stereocenters. The van der Waals surface area contributed by atoms with Crippen molar-refractivity contribution in [3.8, 4) is 5.75 Å². The molecule has 2 aromatic rings. The number of hydrogen-bond acceptors (Lipinski definition) is 6. The number of ether oxygens (including phenoxy) is 2. The Bertz CT molecular complexity index is 869. The van der Waals surface area contributed by atoms with Gasteiger partial charge in [-0.15, -0.1) is 0 Å². The van der Waals surface area contributed by atoms with Crippen molar-refractivity contribution >= 4 is 34.9 Å².